The Morgan fingerprint density at radius 3 is 2.52 bits per heavy atom. The zero-order valence-electron chi connectivity index (χ0n) is 12.3. The van der Waals surface area contributed by atoms with Crippen LogP contribution in [0.3, 0.4) is 0 Å². The lowest BCUT2D eigenvalue weighted by Gasteiger charge is -2.17. The van der Waals surface area contributed by atoms with E-state index in [4.69, 9.17) is 4.74 Å². The second-order valence-corrected chi connectivity index (χ2v) is 4.43. The van der Waals surface area contributed by atoms with Gasteiger partial charge in [-0.25, -0.2) is 4.79 Å². The first-order chi connectivity index (χ1) is 10.1. The highest BCUT2D eigenvalue weighted by Crippen LogP contribution is 2.30. The summed E-state index contributed by atoms with van der Waals surface area (Å²) in [6.45, 7) is 2.14. The van der Waals surface area contributed by atoms with Gasteiger partial charge in [0.2, 0.25) is 11.7 Å². The van der Waals surface area contributed by atoms with E-state index in [2.05, 4.69) is 4.74 Å². The van der Waals surface area contributed by atoms with Gasteiger partial charge in [0, 0.05) is 7.05 Å². The summed E-state index contributed by atoms with van der Waals surface area (Å²) < 4.78 is 10.1. The maximum absolute atomic E-state index is 12.5. The Labute approximate surface area is 123 Å². The average molecular weight is 287 g/mol. The summed E-state index contributed by atoms with van der Waals surface area (Å²) in [5.41, 5.74) is 1.18. The molecule has 0 bridgehead atoms. The van der Waals surface area contributed by atoms with Gasteiger partial charge in [-0.1, -0.05) is 30.3 Å². The van der Waals surface area contributed by atoms with Crippen molar-refractivity contribution < 1.29 is 19.1 Å². The number of methoxy groups -OCH3 is 1. The van der Waals surface area contributed by atoms with Crippen LogP contribution in [-0.2, 0) is 19.1 Å². The minimum Gasteiger partial charge on any atom is -0.478 e. The molecule has 0 fully saturated rings. The molecular weight excluding hydrogens is 270 g/mol. The number of ketones is 1. The molecule has 0 atom stereocenters. The van der Waals surface area contributed by atoms with Crippen molar-refractivity contribution in [2.75, 3.05) is 20.8 Å². The molecule has 0 unspecified atom stereocenters. The number of carbonyl (C=O) groups is 2. The standard InChI is InChI=1S/C16H17NO4/c1-4-21-15-13(16(19)20-3)14(18)12(17(15)2)10-11-8-6-5-7-9-11/h5-10H,4H2,1-3H3/b12-10+. The number of rotatable bonds is 4. The third-order valence-electron chi connectivity index (χ3n) is 3.11. The molecular formula is C16H17NO4. The molecule has 110 valence electrons. The SMILES string of the molecule is CCOC1=C(C(=O)OC)C(=O)/C(=C\c2ccccc2)N1C. The molecule has 1 aromatic carbocycles. The van der Waals surface area contributed by atoms with Crippen LogP contribution in [0.4, 0.5) is 0 Å². The van der Waals surface area contributed by atoms with Crippen LogP contribution in [0.1, 0.15) is 12.5 Å². The largest absolute Gasteiger partial charge is 0.478 e. The number of benzene rings is 1. The van der Waals surface area contributed by atoms with E-state index in [1.807, 2.05) is 30.3 Å². The molecule has 0 spiro atoms. The topological polar surface area (TPSA) is 55.8 Å². The predicted molar refractivity (Wildman–Crippen MR) is 77.9 cm³/mol. The van der Waals surface area contributed by atoms with Crippen molar-refractivity contribution in [3.63, 3.8) is 0 Å². The van der Waals surface area contributed by atoms with Gasteiger partial charge in [0.15, 0.2) is 5.57 Å². The summed E-state index contributed by atoms with van der Waals surface area (Å²) >= 11 is 0. The van der Waals surface area contributed by atoms with Gasteiger partial charge < -0.3 is 14.4 Å². The Hall–Kier alpha value is -2.56. The first kappa shape index (κ1) is 14.8. The maximum atomic E-state index is 12.5. The van der Waals surface area contributed by atoms with E-state index in [1.165, 1.54) is 7.11 Å². The Balaban J connectivity index is 2.44. The van der Waals surface area contributed by atoms with Crippen LogP contribution in [0.2, 0.25) is 0 Å². The number of hydrogen-bond donors (Lipinski definition) is 0. The highest BCUT2D eigenvalue weighted by molar-refractivity contribution is 6.27. The Bertz CT molecular complexity index is 616. The molecule has 1 aliphatic rings. The van der Waals surface area contributed by atoms with E-state index in [1.54, 1.807) is 24.9 Å². The molecule has 0 radical (unpaired) electrons. The molecule has 0 amide bonds. The zero-order valence-corrected chi connectivity index (χ0v) is 12.3. The first-order valence-electron chi connectivity index (χ1n) is 6.60. The van der Waals surface area contributed by atoms with Crippen LogP contribution >= 0.6 is 0 Å². The minimum atomic E-state index is -0.688. The van der Waals surface area contributed by atoms with Gasteiger partial charge in [-0.05, 0) is 18.6 Å². The number of ether oxygens (including phenoxy) is 2. The summed E-state index contributed by atoms with van der Waals surface area (Å²) in [6, 6.07) is 9.41. The highest BCUT2D eigenvalue weighted by Gasteiger charge is 2.39. The van der Waals surface area contributed by atoms with E-state index in [0.29, 0.717) is 12.3 Å². The number of Topliss-reactive ketones (excluding diaryl/α,β-unsaturated/α-hetero) is 1. The molecule has 0 N–H and O–H groups in total. The van der Waals surface area contributed by atoms with Crippen molar-refractivity contribution in [2.24, 2.45) is 0 Å². The summed E-state index contributed by atoms with van der Waals surface area (Å²) in [7, 11) is 2.93. The second kappa shape index (κ2) is 6.26. The molecule has 21 heavy (non-hydrogen) atoms. The van der Waals surface area contributed by atoms with Crippen LogP contribution in [0.5, 0.6) is 0 Å². The Morgan fingerprint density at radius 2 is 1.95 bits per heavy atom. The number of carbonyl (C=O) groups excluding carboxylic acids is 2. The van der Waals surface area contributed by atoms with Crippen LogP contribution in [0.15, 0.2) is 47.5 Å². The van der Waals surface area contributed by atoms with Crippen LogP contribution in [-0.4, -0.2) is 37.4 Å². The quantitative estimate of drug-likeness (QED) is 0.481. The normalized spacial score (nSPS) is 16.6. The smallest absolute Gasteiger partial charge is 0.347 e. The number of hydrogen-bond acceptors (Lipinski definition) is 5. The fourth-order valence-corrected chi connectivity index (χ4v) is 2.11. The predicted octanol–water partition coefficient (Wildman–Crippen LogP) is 1.96. The van der Waals surface area contributed by atoms with Crippen molar-refractivity contribution in [3.05, 3.63) is 53.0 Å². The summed E-state index contributed by atoms with van der Waals surface area (Å²) in [6.07, 6.45) is 1.72. The first-order valence-corrected chi connectivity index (χ1v) is 6.60. The fraction of sp³-hybridized carbons (Fsp3) is 0.250. The lowest BCUT2D eigenvalue weighted by Crippen LogP contribution is -2.16. The van der Waals surface area contributed by atoms with Crippen molar-refractivity contribution in [1.29, 1.82) is 0 Å². The third kappa shape index (κ3) is 2.81. The highest BCUT2D eigenvalue weighted by atomic mass is 16.5. The van der Waals surface area contributed by atoms with E-state index < -0.39 is 11.8 Å². The minimum absolute atomic E-state index is 0.0657. The molecule has 2 rings (SSSR count). The van der Waals surface area contributed by atoms with Gasteiger partial charge in [0.25, 0.3) is 0 Å². The second-order valence-electron chi connectivity index (χ2n) is 4.43. The van der Waals surface area contributed by atoms with Gasteiger partial charge in [-0.2, -0.15) is 0 Å². The molecule has 1 heterocycles. The van der Waals surface area contributed by atoms with Crippen molar-refractivity contribution in [3.8, 4) is 0 Å². The molecule has 0 saturated carbocycles. The van der Waals surface area contributed by atoms with Crippen molar-refractivity contribution in [2.45, 2.75) is 6.92 Å². The van der Waals surface area contributed by atoms with Gasteiger partial charge in [-0.3, -0.25) is 4.79 Å². The van der Waals surface area contributed by atoms with Gasteiger partial charge >= 0.3 is 5.97 Å². The van der Waals surface area contributed by atoms with Crippen LogP contribution < -0.4 is 0 Å². The van der Waals surface area contributed by atoms with Gasteiger partial charge in [0.05, 0.1) is 19.4 Å². The monoisotopic (exact) mass is 287 g/mol. The summed E-state index contributed by atoms with van der Waals surface area (Å²) in [4.78, 5) is 25.9. The zero-order chi connectivity index (χ0) is 15.4. The molecule has 1 aliphatic heterocycles. The molecule has 5 nitrogen and oxygen atoms in total. The lowest BCUT2D eigenvalue weighted by atomic mass is 10.1. The van der Waals surface area contributed by atoms with Crippen molar-refractivity contribution in [1.82, 2.24) is 4.90 Å². The molecule has 0 aromatic heterocycles. The third-order valence-corrected chi connectivity index (χ3v) is 3.11. The summed E-state index contributed by atoms with van der Waals surface area (Å²) in [5, 5.41) is 0. The van der Waals surface area contributed by atoms with E-state index in [0.717, 1.165) is 5.56 Å². The average Bonchev–Trinajstić information content (AvgIpc) is 2.73. The van der Waals surface area contributed by atoms with Crippen molar-refractivity contribution >= 4 is 17.8 Å². The Morgan fingerprint density at radius 1 is 1.29 bits per heavy atom. The van der Waals surface area contributed by atoms with E-state index in [9.17, 15) is 9.59 Å². The number of likely N-dealkylation sites (N-methyl/N-ethyl adjacent to an activating group) is 1. The maximum Gasteiger partial charge on any atom is 0.347 e. The Kier molecular flexibility index (Phi) is 4.42. The van der Waals surface area contributed by atoms with Crippen LogP contribution in [0.25, 0.3) is 6.08 Å². The number of nitrogens with zero attached hydrogens (tertiary/aromatic N) is 1. The summed E-state index contributed by atoms with van der Waals surface area (Å²) in [5.74, 6) is -0.847. The van der Waals surface area contributed by atoms with Gasteiger partial charge in [0.1, 0.15) is 0 Å². The fourth-order valence-electron chi connectivity index (χ4n) is 2.11. The molecule has 5 heteroatoms. The lowest BCUT2D eigenvalue weighted by molar-refractivity contribution is -0.137. The number of esters is 1. The molecule has 1 aromatic rings. The molecule has 0 saturated heterocycles. The van der Waals surface area contributed by atoms with E-state index in [-0.39, 0.29) is 11.5 Å². The van der Waals surface area contributed by atoms with E-state index >= 15 is 0 Å². The van der Waals surface area contributed by atoms with Crippen LogP contribution in [0, 0.1) is 0 Å². The van der Waals surface area contributed by atoms with Gasteiger partial charge in [-0.15, -0.1) is 0 Å². The molecule has 0 aliphatic carbocycles. The number of allylic oxidation sites excluding steroid dienone is 1.